The Morgan fingerprint density at radius 2 is 1.92 bits per heavy atom. The molecule has 0 bridgehead atoms. The highest BCUT2D eigenvalue weighted by Crippen LogP contribution is 2.40. The number of amides is 1. The zero-order chi connectivity index (χ0) is 36.8. The molecule has 0 spiro atoms. The minimum Gasteiger partial charge on any atom is -0.462 e. The van der Waals surface area contributed by atoms with Gasteiger partial charge in [-0.2, -0.15) is 14.4 Å². The Kier molecular flexibility index (Phi) is 9.59. The summed E-state index contributed by atoms with van der Waals surface area (Å²) in [7, 11) is 2.12. The summed E-state index contributed by atoms with van der Waals surface area (Å²) < 4.78 is 28.9. The smallest absolute Gasteiger partial charge is 0.417 e. The average molecular weight is 739 g/mol. The number of carbonyl (C=O) groups excluding carboxylic acids is 1. The van der Waals surface area contributed by atoms with E-state index in [2.05, 4.69) is 52.8 Å². The van der Waals surface area contributed by atoms with Crippen molar-refractivity contribution in [1.82, 2.24) is 24.4 Å². The number of fused-ring (bicyclic) bond motifs is 3. The number of nitrogens with one attached hydrogen (secondary N) is 1. The standard InChI is InChI=1S/C40H44ClFN8O3/c1-24(2)26-10-12-28(13-11-26)44-40(51)53-30-17-27-7-5-9-32(41)36(27)34(18-30)48-16-14-31-33(20-48)45-39(52-22-29-8-6-15-47(29)4)46-38(31)50-21-35-37(42)43-23-49(35)19-25(50)3/h5,7,9-13,17-18,23-25,29H,6,8,14-16,19-22H2,1-4H3,(H,44,51)/t25-,29+/m1/s1. The molecule has 276 valence electrons. The van der Waals surface area contributed by atoms with E-state index >= 15 is 0 Å². The summed E-state index contributed by atoms with van der Waals surface area (Å²) in [4.78, 5) is 33.7. The van der Waals surface area contributed by atoms with Crippen LogP contribution in [0.25, 0.3) is 10.8 Å². The topological polar surface area (TPSA) is 101 Å². The molecule has 2 aromatic heterocycles. The molecule has 0 saturated carbocycles. The molecule has 13 heteroatoms. The van der Waals surface area contributed by atoms with Crippen molar-refractivity contribution in [3.63, 3.8) is 0 Å². The van der Waals surface area contributed by atoms with E-state index in [1.165, 1.54) is 5.56 Å². The second kappa shape index (κ2) is 14.5. The molecule has 1 N–H and O–H groups in total. The molecule has 0 aliphatic carbocycles. The van der Waals surface area contributed by atoms with E-state index in [-0.39, 0.29) is 6.04 Å². The van der Waals surface area contributed by atoms with Crippen molar-refractivity contribution >= 4 is 45.7 Å². The Balaban J connectivity index is 1.11. The second-order valence-electron chi connectivity index (χ2n) is 14.7. The molecule has 5 aromatic rings. The van der Waals surface area contributed by atoms with E-state index < -0.39 is 12.0 Å². The molecular formula is C40H44ClFN8O3. The number of hydrogen-bond donors (Lipinski definition) is 1. The molecule has 1 amide bonds. The molecule has 3 aliphatic rings. The van der Waals surface area contributed by atoms with Gasteiger partial charge in [0.1, 0.15) is 18.2 Å². The van der Waals surface area contributed by atoms with Crippen molar-refractivity contribution in [3.8, 4) is 11.8 Å². The predicted molar refractivity (Wildman–Crippen MR) is 205 cm³/mol. The number of benzene rings is 3. The Labute approximate surface area is 313 Å². The lowest BCUT2D eigenvalue weighted by atomic mass is 10.0. The third-order valence-electron chi connectivity index (χ3n) is 10.8. The van der Waals surface area contributed by atoms with Gasteiger partial charge in [0, 0.05) is 47.9 Å². The molecule has 1 saturated heterocycles. The number of likely N-dealkylation sites (N-methyl/N-ethyl adjacent to an activating group) is 1. The first-order valence-corrected chi connectivity index (χ1v) is 18.7. The van der Waals surface area contributed by atoms with Gasteiger partial charge in [0.2, 0.25) is 5.95 Å². The van der Waals surface area contributed by atoms with Crippen molar-refractivity contribution in [2.45, 2.75) is 77.7 Å². The maximum absolute atomic E-state index is 14.8. The van der Waals surface area contributed by atoms with E-state index in [4.69, 9.17) is 31.0 Å². The first-order chi connectivity index (χ1) is 25.6. The monoisotopic (exact) mass is 738 g/mol. The molecule has 11 nitrogen and oxygen atoms in total. The lowest BCUT2D eigenvalue weighted by molar-refractivity contribution is 0.187. The number of halogens is 2. The Hall–Kier alpha value is -4.94. The van der Waals surface area contributed by atoms with Crippen molar-refractivity contribution in [2.24, 2.45) is 0 Å². The van der Waals surface area contributed by atoms with Gasteiger partial charge in [-0.15, -0.1) is 0 Å². The van der Waals surface area contributed by atoms with E-state index in [0.29, 0.717) is 79.3 Å². The minimum absolute atomic E-state index is 0.0396. The highest BCUT2D eigenvalue weighted by Gasteiger charge is 2.33. The summed E-state index contributed by atoms with van der Waals surface area (Å²) in [6.07, 6.45) is 3.81. The van der Waals surface area contributed by atoms with Crippen LogP contribution in [-0.2, 0) is 26.1 Å². The summed E-state index contributed by atoms with van der Waals surface area (Å²) in [6, 6.07) is 17.8. The molecule has 2 atom stereocenters. The van der Waals surface area contributed by atoms with Gasteiger partial charge >= 0.3 is 12.1 Å². The first-order valence-electron chi connectivity index (χ1n) is 18.4. The highest BCUT2D eigenvalue weighted by molar-refractivity contribution is 6.36. The number of ether oxygens (including phenoxy) is 2. The first kappa shape index (κ1) is 35.1. The number of anilines is 3. The Morgan fingerprint density at radius 3 is 2.70 bits per heavy atom. The van der Waals surface area contributed by atoms with Crippen LogP contribution in [-0.4, -0.2) is 69.3 Å². The minimum atomic E-state index is -0.584. The predicted octanol–water partition coefficient (Wildman–Crippen LogP) is 7.80. The van der Waals surface area contributed by atoms with E-state index in [0.717, 1.165) is 52.9 Å². The van der Waals surface area contributed by atoms with Gasteiger partial charge in [-0.3, -0.25) is 5.32 Å². The van der Waals surface area contributed by atoms with Gasteiger partial charge in [-0.25, -0.2) is 9.78 Å². The van der Waals surface area contributed by atoms with Gasteiger partial charge in [-0.05, 0) is 80.9 Å². The zero-order valence-electron chi connectivity index (χ0n) is 30.5. The second-order valence-corrected chi connectivity index (χ2v) is 15.1. The maximum Gasteiger partial charge on any atom is 0.417 e. The van der Waals surface area contributed by atoms with E-state index in [1.54, 1.807) is 6.33 Å². The molecule has 5 heterocycles. The van der Waals surface area contributed by atoms with Crippen LogP contribution in [0.15, 0.2) is 60.9 Å². The largest absolute Gasteiger partial charge is 0.462 e. The molecule has 0 radical (unpaired) electrons. The van der Waals surface area contributed by atoms with E-state index in [1.807, 2.05) is 59.2 Å². The third kappa shape index (κ3) is 7.09. The molecule has 1 fully saturated rings. The van der Waals surface area contributed by atoms with Crippen LogP contribution in [0.5, 0.6) is 11.8 Å². The normalized spacial score (nSPS) is 18.7. The number of rotatable bonds is 8. The maximum atomic E-state index is 14.8. The fourth-order valence-corrected chi connectivity index (χ4v) is 8.06. The van der Waals surface area contributed by atoms with Gasteiger partial charge in [0.15, 0.2) is 0 Å². The van der Waals surface area contributed by atoms with Crippen molar-refractivity contribution in [2.75, 3.05) is 41.9 Å². The molecule has 53 heavy (non-hydrogen) atoms. The van der Waals surface area contributed by atoms with Crippen LogP contribution >= 0.6 is 11.6 Å². The molecule has 0 unspecified atom stereocenters. The summed E-state index contributed by atoms with van der Waals surface area (Å²) >= 11 is 6.87. The van der Waals surface area contributed by atoms with Gasteiger partial charge in [0.25, 0.3) is 0 Å². The van der Waals surface area contributed by atoms with Crippen LogP contribution in [0.1, 0.15) is 62.0 Å². The van der Waals surface area contributed by atoms with Crippen LogP contribution in [0.2, 0.25) is 5.02 Å². The highest BCUT2D eigenvalue weighted by atomic mass is 35.5. The number of carbonyl (C=O) groups is 1. The Morgan fingerprint density at radius 1 is 1.09 bits per heavy atom. The fraction of sp³-hybridized carbons (Fsp3) is 0.400. The van der Waals surface area contributed by atoms with Gasteiger partial charge in [-0.1, -0.05) is 49.7 Å². The van der Waals surface area contributed by atoms with Crippen molar-refractivity contribution in [3.05, 3.63) is 94.4 Å². The number of imidazole rings is 1. The molecular weight excluding hydrogens is 695 g/mol. The van der Waals surface area contributed by atoms with Crippen LogP contribution in [0, 0.1) is 5.95 Å². The summed E-state index contributed by atoms with van der Waals surface area (Å²) in [5.74, 6) is 1.09. The van der Waals surface area contributed by atoms with Crippen LogP contribution in [0.3, 0.4) is 0 Å². The lowest BCUT2D eigenvalue weighted by Crippen LogP contribution is -2.43. The lowest BCUT2D eigenvalue weighted by Gasteiger charge is -2.38. The third-order valence-corrected chi connectivity index (χ3v) is 11.1. The quantitative estimate of drug-likeness (QED) is 0.171. The van der Waals surface area contributed by atoms with Crippen LogP contribution in [0.4, 0.5) is 26.4 Å². The van der Waals surface area contributed by atoms with Gasteiger partial charge in [0.05, 0.1) is 41.5 Å². The number of aromatic nitrogens is 4. The summed E-state index contributed by atoms with van der Waals surface area (Å²) in [5.41, 5.74) is 5.05. The van der Waals surface area contributed by atoms with Crippen LogP contribution < -0.4 is 24.6 Å². The zero-order valence-corrected chi connectivity index (χ0v) is 31.2. The SMILES string of the molecule is CC(C)c1ccc(NC(=O)Oc2cc(N3CCc4c(nc(OC[C@@H]5CCCN5C)nc4N4Cc5c(F)ncn5C[C@H]4C)C3)c3c(Cl)cccc3c2)cc1. The number of likely N-dealkylation sites (tertiary alicyclic amines) is 1. The van der Waals surface area contributed by atoms with E-state index in [9.17, 15) is 9.18 Å². The molecule has 8 rings (SSSR count). The summed E-state index contributed by atoms with van der Waals surface area (Å²) in [5, 5.41) is 5.15. The average Bonchev–Trinajstić information content (AvgIpc) is 3.72. The number of hydrogen-bond acceptors (Lipinski definition) is 9. The van der Waals surface area contributed by atoms with Crippen molar-refractivity contribution in [1.29, 1.82) is 0 Å². The molecule has 3 aromatic carbocycles. The number of nitrogens with zero attached hydrogens (tertiary/aromatic N) is 7. The van der Waals surface area contributed by atoms with Crippen molar-refractivity contribution < 1.29 is 18.7 Å². The molecule has 3 aliphatic heterocycles. The Bertz CT molecular complexity index is 2160. The van der Waals surface area contributed by atoms with Gasteiger partial charge < -0.3 is 28.7 Å². The fourth-order valence-electron chi connectivity index (χ4n) is 7.78. The summed E-state index contributed by atoms with van der Waals surface area (Å²) in [6.45, 7) is 9.90.